The van der Waals surface area contributed by atoms with E-state index in [4.69, 9.17) is 9.47 Å². The van der Waals surface area contributed by atoms with Crippen molar-refractivity contribution in [3.05, 3.63) is 90.3 Å². The normalized spacial score (nSPS) is 11.2. The van der Waals surface area contributed by atoms with Crippen LogP contribution in [0.15, 0.2) is 78.5 Å². The summed E-state index contributed by atoms with van der Waals surface area (Å²) in [5.74, 6) is 5.07. The van der Waals surface area contributed by atoms with Gasteiger partial charge in [-0.3, -0.25) is 4.21 Å². The molecule has 6 aromatic rings. The molecule has 11 nitrogen and oxygen atoms in total. The average molecular weight is 635 g/mol. The van der Waals surface area contributed by atoms with Gasteiger partial charge in [0, 0.05) is 51.0 Å². The maximum atomic E-state index is 12.1. The van der Waals surface area contributed by atoms with E-state index in [1.54, 1.807) is 51.6 Å². The number of aromatic amines is 2. The summed E-state index contributed by atoms with van der Waals surface area (Å²) in [5.41, 5.74) is 5.98. The molecule has 2 N–H and O–H groups in total. The zero-order chi connectivity index (χ0) is 32.6. The average Bonchev–Trinajstić information content (AvgIpc) is 3.71. The van der Waals surface area contributed by atoms with Crippen molar-refractivity contribution in [3.8, 4) is 34.4 Å². The number of benzene rings is 2. The van der Waals surface area contributed by atoms with Crippen LogP contribution in [0.5, 0.6) is 0 Å². The van der Waals surface area contributed by atoms with Gasteiger partial charge in [-0.05, 0) is 45.0 Å². The predicted molar refractivity (Wildman–Crippen MR) is 175 cm³/mol. The molecule has 0 saturated heterocycles. The van der Waals surface area contributed by atoms with Gasteiger partial charge in [-0.2, -0.15) is 0 Å². The van der Waals surface area contributed by atoms with Crippen LogP contribution in [0.25, 0.3) is 44.6 Å². The second kappa shape index (κ2) is 14.4. The number of fused-ring (bicyclic) bond motifs is 2. The zero-order valence-corrected chi connectivity index (χ0v) is 26.4. The maximum absolute atomic E-state index is 12.1. The lowest BCUT2D eigenvalue weighted by Gasteiger charge is -2.06. The van der Waals surface area contributed by atoms with Crippen molar-refractivity contribution < 1.29 is 23.3 Å². The Kier molecular flexibility index (Phi) is 9.94. The van der Waals surface area contributed by atoms with Crippen molar-refractivity contribution in [1.82, 2.24) is 29.9 Å². The Hall–Kier alpha value is -5.67. The Morgan fingerprint density at radius 1 is 0.739 bits per heavy atom. The summed E-state index contributed by atoms with van der Waals surface area (Å²) in [6.45, 7) is 5.95. The predicted octanol–water partition coefficient (Wildman–Crippen LogP) is 5.71. The van der Waals surface area contributed by atoms with E-state index in [0.29, 0.717) is 57.8 Å². The van der Waals surface area contributed by atoms with Gasteiger partial charge in [0.05, 0.1) is 46.5 Å². The summed E-state index contributed by atoms with van der Waals surface area (Å²) in [5, 5.41) is 1.29. The Bertz CT molecular complexity index is 2110. The minimum atomic E-state index is -1.04. The number of esters is 2. The molecule has 0 spiro atoms. The Morgan fingerprint density at radius 2 is 1.20 bits per heavy atom. The number of ether oxygens (including phenoxy) is 2. The third-order valence-corrected chi connectivity index (χ3v) is 7.75. The summed E-state index contributed by atoms with van der Waals surface area (Å²) in [6, 6.07) is 15.0. The third kappa shape index (κ3) is 6.69. The smallest absolute Gasteiger partial charge is 0.340 e. The van der Waals surface area contributed by atoms with Crippen molar-refractivity contribution in [2.45, 2.75) is 25.7 Å². The molecule has 46 heavy (non-hydrogen) atoms. The van der Waals surface area contributed by atoms with Gasteiger partial charge in [-0.25, -0.2) is 29.5 Å². The van der Waals surface area contributed by atoms with E-state index < -0.39 is 16.8 Å². The molecule has 1 atom stereocenters. The minimum Gasteiger partial charge on any atom is -0.462 e. The summed E-state index contributed by atoms with van der Waals surface area (Å²) < 4.78 is 21.7. The molecule has 0 bridgehead atoms. The molecule has 0 radical (unpaired) electrons. The van der Waals surface area contributed by atoms with E-state index in [9.17, 15) is 13.8 Å². The Balaban J connectivity index is 0.000000181. The van der Waals surface area contributed by atoms with Crippen LogP contribution in [-0.4, -0.2) is 65.5 Å². The van der Waals surface area contributed by atoms with Gasteiger partial charge in [-0.1, -0.05) is 30.2 Å². The van der Waals surface area contributed by atoms with E-state index in [1.165, 1.54) is 12.7 Å². The molecule has 6 rings (SSSR count). The van der Waals surface area contributed by atoms with Crippen LogP contribution in [0.2, 0.25) is 0 Å². The number of hydrogen-bond acceptors (Lipinski definition) is 9. The molecule has 0 saturated carbocycles. The highest BCUT2D eigenvalue weighted by Gasteiger charge is 2.20. The summed E-state index contributed by atoms with van der Waals surface area (Å²) >= 11 is 0. The first kappa shape index (κ1) is 31.7. The van der Waals surface area contributed by atoms with Crippen LogP contribution in [0.3, 0.4) is 0 Å². The Labute approximate surface area is 267 Å². The summed E-state index contributed by atoms with van der Waals surface area (Å²) in [7, 11) is -1.04. The molecule has 0 aliphatic rings. The van der Waals surface area contributed by atoms with Crippen LogP contribution >= 0.6 is 0 Å². The number of H-pyrrole nitrogens is 2. The number of carbonyl (C=O) groups excluding carboxylic acids is 2. The first-order valence-electron chi connectivity index (χ1n) is 14.3. The second-order valence-electron chi connectivity index (χ2n) is 9.67. The molecular formula is C34H30N6O5S. The van der Waals surface area contributed by atoms with E-state index in [1.807, 2.05) is 36.4 Å². The van der Waals surface area contributed by atoms with Gasteiger partial charge < -0.3 is 19.4 Å². The van der Waals surface area contributed by atoms with Crippen molar-refractivity contribution in [1.29, 1.82) is 0 Å². The number of hydrogen-bond donors (Lipinski definition) is 2. The number of nitrogens with one attached hydrogen (secondary N) is 2. The molecular weight excluding hydrogens is 604 g/mol. The van der Waals surface area contributed by atoms with Gasteiger partial charge in [0.15, 0.2) is 0 Å². The molecule has 12 heteroatoms. The molecule has 1 unspecified atom stereocenters. The maximum Gasteiger partial charge on any atom is 0.340 e. The minimum absolute atomic E-state index is 0.297. The standard InChI is InChI=1S/C18H15N3O2.C16H15N3O3S/c1-3-5-12-6-8-13(9-7-12)16-15-14(18(22)23-4-2)10-19-17(15)21-11-20-16;1-3-22-16(20)12-8-17-15-13(12)14(18-9-19-15)10-4-6-11(7-5-10)23(2)21/h6-11H,4H2,1-2H3,(H,19,20,21);4-9H,3H2,1-2H3,(H,17,18,19). The van der Waals surface area contributed by atoms with Crippen molar-refractivity contribution in [3.63, 3.8) is 0 Å². The first-order chi connectivity index (χ1) is 22.4. The van der Waals surface area contributed by atoms with Crippen LogP contribution in [0.4, 0.5) is 0 Å². The highest BCUT2D eigenvalue weighted by molar-refractivity contribution is 7.84. The van der Waals surface area contributed by atoms with E-state index >= 15 is 0 Å². The zero-order valence-electron chi connectivity index (χ0n) is 25.6. The molecule has 0 fully saturated rings. The van der Waals surface area contributed by atoms with Gasteiger partial charge in [-0.15, -0.1) is 5.92 Å². The molecule has 2 aromatic carbocycles. The van der Waals surface area contributed by atoms with Crippen molar-refractivity contribution in [2.24, 2.45) is 0 Å². The van der Waals surface area contributed by atoms with Crippen LogP contribution in [-0.2, 0) is 20.3 Å². The molecule has 0 aliphatic carbocycles. The van der Waals surface area contributed by atoms with Crippen LogP contribution < -0.4 is 0 Å². The molecule has 0 aliphatic heterocycles. The molecule has 232 valence electrons. The Morgan fingerprint density at radius 3 is 1.61 bits per heavy atom. The van der Waals surface area contributed by atoms with Crippen molar-refractivity contribution >= 4 is 44.8 Å². The lowest BCUT2D eigenvalue weighted by Crippen LogP contribution is -2.04. The summed E-state index contributed by atoms with van der Waals surface area (Å²) in [4.78, 5) is 47.9. The number of nitrogens with zero attached hydrogens (tertiary/aromatic N) is 4. The quantitative estimate of drug-likeness (QED) is 0.166. The highest BCUT2D eigenvalue weighted by atomic mass is 32.2. The van der Waals surface area contributed by atoms with E-state index in [-0.39, 0.29) is 5.97 Å². The topological polar surface area (TPSA) is 153 Å². The number of rotatable bonds is 7. The molecule has 4 aromatic heterocycles. The van der Waals surface area contributed by atoms with Crippen LogP contribution in [0.1, 0.15) is 47.1 Å². The van der Waals surface area contributed by atoms with Crippen molar-refractivity contribution in [2.75, 3.05) is 19.5 Å². The fraction of sp³-hybridized carbons (Fsp3) is 0.176. The number of aromatic nitrogens is 6. The lowest BCUT2D eigenvalue weighted by molar-refractivity contribution is 0.0519. The van der Waals surface area contributed by atoms with E-state index in [2.05, 4.69) is 41.7 Å². The van der Waals surface area contributed by atoms with E-state index in [0.717, 1.165) is 21.6 Å². The highest BCUT2D eigenvalue weighted by Crippen LogP contribution is 2.30. The largest absolute Gasteiger partial charge is 0.462 e. The summed E-state index contributed by atoms with van der Waals surface area (Å²) in [6.07, 6.45) is 7.73. The monoisotopic (exact) mass is 634 g/mol. The molecule has 0 amide bonds. The lowest BCUT2D eigenvalue weighted by atomic mass is 10.0. The third-order valence-electron chi connectivity index (χ3n) is 6.82. The van der Waals surface area contributed by atoms with Gasteiger partial charge in [0.2, 0.25) is 0 Å². The fourth-order valence-corrected chi connectivity index (χ4v) is 5.28. The fourth-order valence-electron chi connectivity index (χ4n) is 4.76. The van der Waals surface area contributed by atoms with Gasteiger partial charge >= 0.3 is 11.9 Å². The molecule has 4 heterocycles. The van der Waals surface area contributed by atoms with Gasteiger partial charge in [0.1, 0.15) is 23.9 Å². The van der Waals surface area contributed by atoms with Crippen LogP contribution in [0, 0.1) is 11.8 Å². The SMILES string of the molecule is CC#Cc1ccc(-c2ncnc3[nH]cc(C(=O)OCC)c23)cc1.CCOC(=O)c1c[nH]c2ncnc(-c3ccc(S(C)=O)cc3)c12. The number of carbonyl (C=O) groups is 2. The second-order valence-corrected chi connectivity index (χ2v) is 11.0. The first-order valence-corrected chi connectivity index (χ1v) is 15.9. The van der Waals surface area contributed by atoms with Gasteiger partial charge in [0.25, 0.3) is 0 Å².